The van der Waals surface area contributed by atoms with Crippen molar-refractivity contribution in [3.63, 3.8) is 0 Å². The summed E-state index contributed by atoms with van der Waals surface area (Å²) in [5.41, 5.74) is -0.799. The molecule has 0 aromatic rings. The van der Waals surface area contributed by atoms with Crippen LogP contribution in [0.2, 0.25) is 0 Å². The van der Waals surface area contributed by atoms with Crippen molar-refractivity contribution in [1.82, 2.24) is 4.90 Å². The Morgan fingerprint density at radius 1 is 1.27 bits per heavy atom. The third kappa shape index (κ3) is 3.92. The van der Waals surface area contributed by atoms with E-state index in [0.717, 1.165) is 38.6 Å². The summed E-state index contributed by atoms with van der Waals surface area (Å²) < 4.78 is 5.95. The van der Waals surface area contributed by atoms with Gasteiger partial charge < -0.3 is 14.4 Å². The predicted octanol–water partition coefficient (Wildman–Crippen LogP) is 1.85. The Kier molecular flexibility index (Phi) is 3.90. The summed E-state index contributed by atoms with van der Waals surface area (Å²) in [6.45, 7) is 8.02. The van der Waals surface area contributed by atoms with Crippen LogP contribution in [0.25, 0.3) is 0 Å². The topological polar surface area (TPSA) is 29.5 Å². The smallest absolute Gasteiger partial charge is 0.151 e. The third-order valence-electron chi connectivity index (χ3n) is 2.78. The molecule has 1 aliphatic heterocycles. The zero-order valence-electron chi connectivity index (χ0n) is 10.4. The molecule has 0 bridgehead atoms. The highest BCUT2D eigenvalue weighted by Gasteiger charge is 2.36. The lowest BCUT2D eigenvalue weighted by molar-refractivity contribution is -0.156. The quantitative estimate of drug-likeness (QED) is 0.656. The van der Waals surface area contributed by atoms with Gasteiger partial charge in [0.25, 0.3) is 0 Å². The minimum absolute atomic E-state index is 0.246. The molecule has 1 aliphatic rings. The highest BCUT2D eigenvalue weighted by atomic mass is 16.5. The van der Waals surface area contributed by atoms with Crippen LogP contribution in [-0.4, -0.2) is 42.5 Å². The van der Waals surface area contributed by atoms with E-state index in [1.165, 1.54) is 0 Å². The normalized spacial score (nSPS) is 29.9. The standard InChI is InChI=1S/C12H23NO2/c1-11(2,3)15-12(10-14)6-5-8-13(4)9-7-12/h10H,5-9H2,1-4H3. The molecule has 0 spiro atoms. The van der Waals surface area contributed by atoms with Gasteiger partial charge in [-0.25, -0.2) is 0 Å². The molecule has 15 heavy (non-hydrogen) atoms. The van der Waals surface area contributed by atoms with Crippen molar-refractivity contribution in [1.29, 1.82) is 0 Å². The fourth-order valence-corrected chi connectivity index (χ4v) is 2.12. The second-order valence-electron chi connectivity index (χ2n) is 5.55. The molecule has 0 aliphatic carbocycles. The second kappa shape index (κ2) is 4.62. The maximum absolute atomic E-state index is 11.3. The van der Waals surface area contributed by atoms with Gasteiger partial charge in [0.15, 0.2) is 6.29 Å². The van der Waals surface area contributed by atoms with Crippen LogP contribution in [0.5, 0.6) is 0 Å². The van der Waals surface area contributed by atoms with E-state index >= 15 is 0 Å². The highest BCUT2D eigenvalue weighted by Crippen LogP contribution is 2.28. The molecule has 88 valence electrons. The molecule has 1 fully saturated rings. The second-order valence-corrected chi connectivity index (χ2v) is 5.55. The first-order valence-electron chi connectivity index (χ1n) is 5.72. The Hall–Kier alpha value is -0.410. The Morgan fingerprint density at radius 3 is 2.47 bits per heavy atom. The van der Waals surface area contributed by atoms with Crippen LogP contribution in [0.1, 0.15) is 40.0 Å². The predicted molar refractivity (Wildman–Crippen MR) is 61.0 cm³/mol. The summed E-state index contributed by atoms with van der Waals surface area (Å²) in [5.74, 6) is 0. The minimum Gasteiger partial charge on any atom is -0.362 e. The Morgan fingerprint density at radius 2 is 1.93 bits per heavy atom. The fourth-order valence-electron chi connectivity index (χ4n) is 2.12. The molecule has 1 unspecified atom stereocenters. The number of aldehydes is 1. The number of nitrogens with zero attached hydrogens (tertiary/aromatic N) is 1. The molecular formula is C12H23NO2. The molecule has 3 heteroatoms. The monoisotopic (exact) mass is 213 g/mol. The number of likely N-dealkylation sites (tertiary alicyclic amines) is 1. The summed E-state index contributed by atoms with van der Waals surface area (Å²) in [7, 11) is 2.10. The number of carbonyl (C=O) groups excluding carboxylic acids is 1. The summed E-state index contributed by atoms with van der Waals surface area (Å²) in [6, 6.07) is 0. The molecule has 1 atom stereocenters. The first kappa shape index (κ1) is 12.7. The van der Waals surface area contributed by atoms with Gasteiger partial charge in [-0.2, -0.15) is 0 Å². The molecular weight excluding hydrogens is 190 g/mol. The van der Waals surface area contributed by atoms with Gasteiger partial charge in [-0.05, 0) is 53.6 Å². The highest BCUT2D eigenvalue weighted by molar-refractivity contribution is 5.62. The van der Waals surface area contributed by atoms with Crippen LogP contribution < -0.4 is 0 Å². The van der Waals surface area contributed by atoms with Gasteiger partial charge in [0.2, 0.25) is 0 Å². The van der Waals surface area contributed by atoms with E-state index in [9.17, 15) is 4.79 Å². The van der Waals surface area contributed by atoms with Crippen molar-refractivity contribution in [2.45, 2.75) is 51.2 Å². The Bertz CT molecular complexity index is 222. The van der Waals surface area contributed by atoms with Crippen molar-refractivity contribution in [2.75, 3.05) is 20.1 Å². The average molecular weight is 213 g/mol. The van der Waals surface area contributed by atoms with Gasteiger partial charge in [0.05, 0.1) is 5.60 Å². The lowest BCUT2D eigenvalue weighted by Gasteiger charge is -2.34. The first-order chi connectivity index (χ1) is 6.87. The van der Waals surface area contributed by atoms with Gasteiger partial charge in [-0.15, -0.1) is 0 Å². The molecule has 1 rings (SSSR count). The van der Waals surface area contributed by atoms with E-state index in [4.69, 9.17) is 4.74 Å². The zero-order chi connectivity index (χ0) is 11.5. The lowest BCUT2D eigenvalue weighted by atomic mass is 9.95. The summed E-state index contributed by atoms with van der Waals surface area (Å²) in [4.78, 5) is 13.5. The lowest BCUT2D eigenvalue weighted by Crippen LogP contribution is -2.42. The fraction of sp³-hybridized carbons (Fsp3) is 0.917. The zero-order valence-corrected chi connectivity index (χ0v) is 10.4. The van der Waals surface area contributed by atoms with Crippen LogP contribution >= 0.6 is 0 Å². The molecule has 0 saturated carbocycles. The number of rotatable bonds is 2. The van der Waals surface area contributed by atoms with Crippen molar-refractivity contribution in [3.05, 3.63) is 0 Å². The minimum atomic E-state index is -0.553. The van der Waals surface area contributed by atoms with Gasteiger partial charge >= 0.3 is 0 Å². The number of hydrogen-bond donors (Lipinski definition) is 0. The van der Waals surface area contributed by atoms with Crippen LogP contribution in [-0.2, 0) is 9.53 Å². The van der Waals surface area contributed by atoms with E-state index in [1.807, 2.05) is 20.8 Å². The molecule has 3 nitrogen and oxygen atoms in total. The maximum Gasteiger partial charge on any atom is 0.151 e. The number of hydrogen-bond acceptors (Lipinski definition) is 3. The van der Waals surface area contributed by atoms with Crippen molar-refractivity contribution in [3.8, 4) is 0 Å². The van der Waals surface area contributed by atoms with Crippen molar-refractivity contribution < 1.29 is 9.53 Å². The summed E-state index contributed by atoms with van der Waals surface area (Å²) in [6.07, 6.45) is 3.70. The SMILES string of the molecule is CN1CCCC(C=O)(OC(C)(C)C)CC1. The van der Waals surface area contributed by atoms with Gasteiger partial charge in [0, 0.05) is 6.54 Å². The molecule has 0 aromatic carbocycles. The van der Waals surface area contributed by atoms with E-state index in [0.29, 0.717) is 0 Å². The van der Waals surface area contributed by atoms with E-state index in [2.05, 4.69) is 11.9 Å². The molecule has 0 N–H and O–H groups in total. The van der Waals surface area contributed by atoms with Gasteiger partial charge in [0.1, 0.15) is 5.60 Å². The van der Waals surface area contributed by atoms with E-state index in [1.54, 1.807) is 0 Å². The van der Waals surface area contributed by atoms with E-state index < -0.39 is 5.60 Å². The Labute approximate surface area is 92.8 Å². The number of ether oxygens (including phenoxy) is 1. The molecule has 0 aromatic heterocycles. The molecule has 0 radical (unpaired) electrons. The van der Waals surface area contributed by atoms with Crippen LogP contribution in [0.4, 0.5) is 0 Å². The largest absolute Gasteiger partial charge is 0.362 e. The molecule has 0 amide bonds. The van der Waals surface area contributed by atoms with Crippen LogP contribution in [0.3, 0.4) is 0 Å². The van der Waals surface area contributed by atoms with Gasteiger partial charge in [-0.3, -0.25) is 0 Å². The van der Waals surface area contributed by atoms with Crippen molar-refractivity contribution >= 4 is 6.29 Å². The van der Waals surface area contributed by atoms with Crippen molar-refractivity contribution in [2.24, 2.45) is 0 Å². The van der Waals surface area contributed by atoms with Crippen LogP contribution in [0, 0.1) is 0 Å². The summed E-state index contributed by atoms with van der Waals surface area (Å²) >= 11 is 0. The Balaban J connectivity index is 2.70. The van der Waals surface area contributed by atoms with E-state index in [-0.39, 0.29) is 5.60 Å². The summed E-state index contributed by atoms with van der Waals surface area (Å²) in [5, 5.41) is 0. The average Bonchev–Trinajstić information content (AvgIpc) is 2.27. The third-order valence-corrected chi connectivity index (χ3v) is 2.78. The molecule has 1 saturated heterocycles. The van der Waals surface area contributed by atoms with Gasteiger partial charge in [-0.1, -0.05) is 0 Å². The molecule has 1 heterocycles. The maximum atomic E-state index is 11.3. The number of carbonyl (C=O) groups is 1. The first-order valence-corrected chi connectivity index (χ1v) is 5.72. The van der Waals surface area contributed by atoms with Crippen LogP contribution in [0.15, 0.2) is 0 Å².